The van der Waals surface area contributed by atoms with Crippen LogP contribution in [0.15, 0.2) is 11.7 Å². The monoisotopic (exact) mass is 226 g/mol. The third kappa shape index (κ3) is 3.18. The number of rotatable bonds is 5. The van der Waals surface area contributed by atoms with Crippen molar-refractivity contribution in [2.24, 2.45) is 0 Å². The molecular weight excluding hydrogens is 208 g/mol. The number of thiazole rings is 1. The van der Waals surface area contributed by atoms with E-state index < -0.39 is 0 Å². The zero-order chi connectivity index (χ0) is 10.5. The molecule has 0 saturated carbocycles. The van der Waals surface area contributed by atoms with Crippen LogP contribution in [0.4, 0.5) is 0 Å². The van der Waals surface area contributed by atoms with Crippen molar-refractivity contribution in [2.75, 3.05) is 19.6 Å². The van der Waals surface area contributed by atoms with Gasteiger partial charge < -0.3 is 4.74 Å². The molecule has 1 aromatic heterocycles. The van der Waals surface area contributed by atoms with Crippen LogP contribution in [0.2, 0.25) is 0 Å². The molecule has 1 atom stereocenters. The largest absolute Gasteiger partial charge is 0.478 e. The lowest BCUT2D eigenvalue weighted by Crippen LogP contribution is -2.25. The molecule has 0 radical (unpaired) electrons. The van der Waals surface area contributed by atoms with E-state index in [0.29, 0.717) is 6.10 Å². The van der Waals surface area contributed by atoms with Gasteiger partial charge in [0.25, 0.3) is 0 Å². The number of hydrogen-bond acceptors (Lipinski definition) is 4. The molecule has 1 aliphatic rings. The molecule has 1 fully saturated rings. The van der Waals surface area contributed by atoms with Gasteiger partial charge in [-0.1, -0.05) is 24.7 Å². The smallest absolute Gasteiger partial charge is 0.194 e. The van der Waals surface area contributed by atoms with Crippen LogP contribution >= 0.6 is 11.3 Å². The van der Waals surface area contributed by atoms with E-state index in [2.05, 4.69) is 16.8 Å². The molecule has 2 rings (SSSR count). The van der Waals surface area contributed by atoms with Gasteiger partial charge in [-0.2, -0.15) is 0 Å². The molecular formula is C11H18N2OS. The van der Waals surface area contributed by atoms with Gasteiger partial charge in [-0.15, -0.1) is 0 Å². The van der Waals surface area contributed by atoms with Gasteiger partial charge in [-0.05, 0) is 19.4 Å². The number of nitrogens with zero attached hydrogens (tertiary/aromatic N) is 2. The van der Waals surface area contributed by atoms with Gasteiger partial charge in [0.1, 0.15) is 6.10 Å². The Hall–Kier alpha value is -0.610. The zero-order valence-corrected chi connectivity index (χ0v) is 10.0. The lowest BCUT2D eigenvalue weighted by atomic mass is 10.3. The fraction of sp³-hybridized carbons (Fsp3) is 0.727. The molecule has 84 valence electrons. The first-order chi connectivity index (χ1) is 7.38. The molecule has 3 nitrogen and oxygen atoms in total. The van der Waals surface area contributed by atoms with Crippen LogP contribution < -0.4 is 4.74 Å². The normalized spacial score (nSPS) is 22.1. The van der Waals surface area contributed by atoms with E-state index in [-0.39, 0.29) is 0 Å². The second kappa shape index (κ2) is 5.47. The maximum Gasteiger partial charge on any atom is 0.194 e. The first-order valence-electron chi connectivity index (χ1n) is 5.66. The lowest BCUT2D eigenvalue weighted by Gasteiger charge is -2.15. The molecule has 1 aliphatic heterocycles. The fourth-order valence-electron chi connectivity index (χ4n) is 1.90. The Labute approximate surface area is 95.1 Å². The van der Waals surface area contributed by atoms with Crippen molar-refractivity contribution in [2.45, 2.75) is 32.3 Å². The third-order valence-corrected chi connectivity index (χ3v) is 3.41. The van der Waals surface area contributed by atoms with Gasteiger partial charge in [0, 0.05) is 13.1 Å². The zero-order valence-electron chi connectivity index (χ0n) is 9.19. The quantitative estimate of drug-likeness (QED) is 0.771. The van der Waals surface area contributed by atoms with Crippen LogP contribution in [0.1, 0.15) is 26.2 Å². The van der Waals surface area contributed by atoms with Crippen LogP contribution in [0.5, 0.6) is 5.06 Å². The van der Waals surface area contributed by atoms with Gasteiger partial charge in [0.2, 0.25) is 0 Å². The third-order valence-electron chi connectivity index (χ3n) is 2.75. The maximum atomic E-state index is 5.84. The van der Waals surface area contributed by atoms with Crippen molar-refractivity contribution in [3.05, 3.63) is 11.7 Å². The summed E-state index contributed by atoms with van der Waals surface area (Å²) in [7, 11) is 0. The van der Waals surface area contributed by atoms with Crippen molar-refractivity contribution in [1.29, 1.82) is 0 Å². The Morgan fingerprint density at radius 2 is 2.60 bits per heavy atom. The average molecular weight is 226 g/mol. The van der Waals surface area contributed by atoms with Crippen LogP contribution in [0.3, 0.4) is 0 Å². The van der Waals surface area contributed by atoms with Gasteiger partial charge >= 0.3 is 0 Å². The Morgan fingerprint density at radius 1 is 1.67 bits per heavy atom. The summed E-state index contributed by atoms with van der Waals surface area (Å²) in [6.45, 7) is 5.72. The summed E-state index contributed by atoms with van der Waals surface area (Å²) < 4.78 is 5.84. The summed E-state index contributed by atoms with van der Waals surface area (Å²) in [4.78, 5) is 6.51. The number of unbranched alkanes of at least 4 members (excludes halogenated alkanes) is 1. The minimum absolute atomic E-state index is 0.377. The van der Waals surface area contributed by atoms with Crippen LogP contribution in [0, 0.1) is 0 Å². The molecule has 0 N–H and O–H groups in total. The summed E-state index contributed by atoms with van der Waals surface area (Å²) in [5.74, 6) is 0. The van der Waals surface area contributed by atoms with Crippen molar-refractivity contribution in [3.8, 4) is 5.06 Å². The molecule has 1 saturated heterocycles. The van der Waals surface area contributed by atoms with E-state index in [4.69, 9.17) is 4.74 Å². The lowest BCUT2D eigenvalue weighted by molar-refractivity contribution is 0.205. The highest BCUT2D eigenvalue weighted by Crippen LogP contribution is 2.21. The summed E-state index contributed by atoms with van der Waals surface area (Å²) in [6.07, 6.45) is 5.91. The van der Waals surface area contributed by atoms with E-state index in [1.807, 2.05) is 5.51 Å². The van der Waals surface area contributed by atoms with E-state index in [0.717, 1.165) is 18.0 Å². The van der Waals surface area contributed by atoms with Crippen molar-refractivity contribution < 1.29 is 4.74 Å². The summed E-state index contributed by atoms with van der Waals surface area (Å²) in [5, 5.41) is 0.956. The summed E-state index contributed by atoms with van der Waals surface area (Å²) in [5.41, 5.74) is 1.82. The standard InChI is InChI=1S/C11H18N2OS/c1-2-3-5-13-6-4-10(8-13)14-11-7-12-9-15-11/h7,9-10H,2-6,8H2,1H3. The highest BCUT2D eigenvalue weighted by Gasteiger charge is 2.23. The first-order valence-corrected chi connectivity index (χ1v) is 6.54. The Morgan fingerprint density at radius 3 is 3.33 bits per heavy atom. The van der Waals surface area contributed by atoms with E-state index >= 15 is 0 Å². The minimum Gasteiger partial charge on any atom is -0.478 e. The summed E-state index contributed by atoms with van der Waals surface area (Å²) in [6, 6.07) is 0. The number of ether oxygens (including phenoxy) is 1. The molecule has 0 aromatic carbocycles. The second-order valence-electron chi connectivity index (χ2n) is 4.00. The average Bonchev–Trinajstić information content (AvgIpc) is 2.87. The van der Waals surface area contributed by atoms with Crippen LogP contribution in [-0.4, -0.2) is 35.6 Å². The van der Waals surface area contributed by atoms with Gasteiger partial charge in [-0.25, -0.2) is 4.98 Å². The molecule has 2 heterocycles. The highest BCUT2D eigenvalue weighted by molar-refractivity contribution is 7.11. The van der Waals surface area contributed by atoms with Crippen LogP contribution in [0.25, 0.3) is 0 Å². The fourth-order valence-corrected chi connectivity index (χ4v) is 2.44. The summed E-state index contributed by atoms with van der Waals surface area (Å²) >= 11 is 1.58. The van der Waals surface area contributed by atoms with Crippen molar-refractivity contribution >= 4 is 11.3 Å². The molecule has 1 aromatic rings. The van der Waals surface area contributed by atoms with E-state index in [9.17, 15) is 0 Å². The number of aromatic nitrogens is 1. The SMILES string of the molecule is CCCCN1CCC(Oc2cncs2)C1. The topological polar surface area (TPSA) is 25.4 Å². The van der Waals surface area contributed by atoms with Gasteiger partial charge in [0.05, 0.1) is 11.7 Å². The van der Waals surface area contributed by atoms with Crippen molar-refractivity contribution in [1.82, 2.24) is 9.88 Å². The van der Waals surface area contributed by atoms with Crippen molar-refractivity contribution in [3.63, 3.8) is 0 Å². The minimum atomic E-state index is 0.377. The maximum absolute atomic E-state index is 5.84. The molecule has 4 heteroatoms. The Balaban J connectivity index is 1.73. The second-order valence-corrected chi connectivity index (χ2v) is 4.85. The Bertz CT molecular complexity index is 276. The molecule has 0 bridgehead atoms. The molecule has 0 spiro atoms. The van der Waals surface area contributed by atoms with Crippen LogP contribution in [-0.2, 0) is 0 Å². The Kier molecular flexibility index (Phi) is 3.97. The van der Waals surface area contributed by atoms with E-state index in [1.54, 1.807) is 17.5 Å². The first kappa shape index (κ1) is 10.9. The van der Waals surface area contributed by atoms with Gasteiger partial charge in [0.15, 0.2) is 5.06 Å². The van der Waals surface area contributed by atoms with Gasteiger partial charge in [-0.3, -0.25) is 4.90 Å². The molecule has 15 heavy (non-hydrogen) atoms. The number of likely N-dealkylation sites (tertiary alicyclic amines) is 1. The number of hydrogen-bond donors (Lipinski definition) is 0. The molecule has 0 aliphatic carbocycles. The molecule has 0 amide bonds. The predicted octanol–water partition coefficient (Wildman–Crippen LogP) is 2.40. The predicted molar refractivity (Wildman–Crippen MR) is 62.5 cm³/mol. The molecule has 1 unspecified atom stereocenters. The highest BCUT2D eigenvalue weighted by atomic mass is 32.1. The van der Waals surface area contributed by atoms with E-state index in [1.165, 1.54) is 25.9 Å².